The molecule has 0 saturated carbocycles. The first-order valence-corrected chi connectivity index (χ1v) is 6.51. The van der Waals surface area contributed by atoms with Crippen LogP contribution in [0.25, 0.3) is 0 Å². The Labute approximate surface area is 107 Å². The molecule has 0 amide bonds. The fraction of sp³-hybridized carbons (Fsp3) is 0.545. The van der Waals surface area contributed by atoms with Gasteiger partial charge in [0.2, 0.25) is 0 Å². The first kappa shape index (κ1) is 13.4. The maximum absolute atomic E-state index is 12.4. The van der Waals surface area contributed by atoms with Crippen LogP contribution in [0.5, 0.6) is 0 Å². The molecule has 18 heavy (non-hydrogen) atoms. The van der Waals surface area contributed by atoms with Crippen LogP contribution in [-0.4, -0.2) is 35.7 Å². The van der Waals surface area contributed by atoms with Gasteiger partial charge < -0.3 is 5.73 Å². The van der Waals surface area contributed by atoms with Crippen LogP contribution in [0.2, 0.25) is 0 Å². The summed E-state index contributed by atoms with van der Waals surface area (Å²) in [6.07, 6.45) is -2.10. The van der Waals surface area contributed by atoms with E-state index in [0.29, 0.717) is 24.8 Å². The lowest BCUT2D eigenvalue weighted by atomic mass is 10.1. The second-order valence-corrected chi connectivity index (χ2v) is 5.09. The van der Waals surface area contributed by atoms with Crippen LogP contribution < -0.4 is 5.73 Å². The molecule has 0 aliphatic carbocycles. The molecule has 0 atom stereocenters. The number of nitrogen functional groups attached to an aromatic ring is 1. The van der Waals surface area contributed by atoms with Gasteiger partial charge in [0.1, 0.15) is 0 Å². The largest absolute Gasteiger partial charge is 0.412 e. The van der Waals surface area contributed by atoms with Crippen molar-refractivity contribution in [2.75, 3.05) is 25.4 Å². The standard InChI is InChI=1S/C11H14F3N3S/c12-11(13,14)8-1-4-17(5-2-8)6-3-9-7-18-10(15)16-9/h1,7H,2-6H2,(H2,15,16). The van der Waals surface area contributed by atoms with Crippen molar-refractivity contribution < 1.29 is 13.2 Å². The number of hydrogen-bond acceptors (Lipinski definition) is 4. The maximum Gasteiger partial charge on any atom is 0.412 e. The topological polar surface area (TPSA) is 42.1 Å². The summed E-state index contributed by atoms with van der Waals surface area (Å²) in [7, 11) is 0. The van der Waals surface area contributed by atoms with Crippen molar-refractivity contribution in [2.45, 2.75) is 19.0 Å². The van der Waals surface area contributed by atoms with Gasteiger partial charge in [0, 0.05) is 37.0 Å². The van der Waals surface area contributed by atoms with Crippen LogP contribution >= 0.6 is 11.3 Å². The Morgan fingerprint density at radius 1 is 1.44 bits per heavy atom. The third-order valence-electron chi connectivity index (χ3n) is 2.91. The molecule has 1 aliphatic rings. The Balaban J connectivity index is 1.82. The Bertz CT molecular complexity index is 439. The first-order valence-electron chi connectivity index (χ1n) is 5.63. The molecule has 7 heteroatoms. The molecule has 100 valence electrons. The summed E-state index contributed by atoms with van der Waals surface area (Å²) in [6.45, 7) is 1.52. The third kappa shape index (κ3) is 3.46. The van der Waals surface area contributed by atoms with Crippen LogP contribution in [-0.2, 0) is 6.42 Å². The van der Waals surface area contributed by atoms with E-state index in [-0.39, 0.29) is 6.42 Å². The van der Waals surface area contributed by atoms with E-state index in [0.717, 1.165) is 12.1 Å². The van der Waals surface area contributed by atoms with Gasteiger partial charge in [-0.05, 0) is 6.42 Å². The van der Waals surface area contributed by atoms with Crippen molar-refractivity contribution >= 4 is 16.5 Å². The number of rotatable bonds is 3. The molecule has 3 nitrogen and oxygen atoms in total. The van der Waals surface area contributed by atoms with Gasteiger partial charge in [-0.25, -0.2) is 4.98 Å². The van der Waals surface area contributed by atoms with Crippen molar-refractivity contribution in [3.8, 4) is 0 Å². The highest BCUT2D eigenvalue weighted by Crippen LogP contribution is 2.30. The van der Waals surface area contributed by atoms with Crippen molar-refractivity contribution in [1.29, 1.82) is 0 Å². The summed E-state index contributed by atoms with van der Waals surface area (Å²) in [4.78, 5) is 6.11. The minimum absolute atomic E-state index is 0.0721. The van der Waals surface area contributed by atoms with Crippen molar-refractivity contribution in [3.05, 3.63) is 22.7 Å². The Hall–Kier alpha value is -1.08. The van der Waals surface area contributed by atoms with E-state index in [9.17, 15) is 13.2 Å². The number of halogens is 3. The van der Waals surface area contributed by atoms with Crippen LogP contribution in [0.15, 0.2) is 17.0 Å². The van der Waals surface area contributed by atoms with E-state index in [4.69, 9.17) is 5.73 Å². The van der Waals surface area contributed by atoms with Gasteiger partial charge >= 0.3 is 6.18 Å². The molecule has 1 aliphatic heterocycles. The number of nitrogens with zero attached hydrogens (tertiary/aromatic N) is 2. The fourth-order valence-corrected chi connectivity index (χ4v) is 2.48. The number of nitrogens with two attached hydrogens (primary N) is 1. The SMILES string of the molecule is Nc1nc(CCN2CC=C(C(F)(F)F)CC2)cs1. The van der Waals surface area contributed by atoms with Crippen LogP contribution in [0.1, 0.15) is 12.1 Å². The zero-order valence-corrected chi connectivity index (χ0v) is 10.5. The molecule has 0 aromatic carbocycles. The maximum atomic E-state index is 12.4. The van der Waals surface area contributed by atoms with Crippen LogP contribution in [0.4, 0.5) is 18.3 Å². The average molecular weight is 277 g/mol. The zero-order valence-electron chi connectivity index (χ0n) is 9.70. The summed E-state index contributed by atoms with van der Waals surface area (Å²) in [5.74, 6) is 0. The Kier molecular flexibility index (Phi) is 3.91. The normalized spacial score (nSPS) is 17.8. The third-order valence-corrected chi connectivity index (χ3v) is 3.63. The van der Waals surface area contributed by atoms with Crippen LogP contribution in [0, 0.1) is 0 Å². The highest BCUT2D eigenvalue weighted by atomic mass is 32.1. The highest BCUT2D eigenvalue weighted by Gasteiger charge is 2.34. The Morgan fingerprint density at radius 2 is 2.22 bits per heavy atom. The van der Waals surface area contributed by atoms with Gasteiger partial charge in [0.05, 0.1) is 5.69 Å². The molecule has 2 heterocycles. The van der Waals surface area contributed by atoms with Gasteiger partial charge in [-0.2, -0.15) is 13.2 Å². The fourth-order valence-electron chi connectivity index (χ4n) is 1.88. The van der Waals surface area contributed by atoms with Gasteiger partial charge in [-0.1, -0.05) is 6.08 Å². The molecule has 0 saturated heterocycles. The van der Waals surface area contributed by atoms with Crippen molar-refractivity contribution in [2.24, 2.45) is 0 Å². The molecule has 1 aromatic rings. The predicted octanol–water partition coefficient (Wildman–Crippen LogP) is 2.46. The lowest BCUT2D eigenvalue weighted by molar-refractivity contribution is -0.0959. The minimum Gasteiger partial charge on any atom is -0.375 e. The van der Waals surface area contributed by atoms with Gasteiger partial charge in [0.25, 0.3) is 0 Å². The smallest absolute Gasteiger partial charge is 0.375 e. The zero-order chi connectivity index (χ0) is 13.2. The van der Waals surface area contributed by atoms with Crippen LogP contribution in [0.3, 0.4) is 0 Å². The highest BCUT2D eigenvalue weighted by molar-refractivity contribution is 7.13. The summed E-state index contributed by atoms with van der Waals surface area (Å²) >= 11 is 1.38. The van der Waals surface area contributed by atoms with Gasteiger partial charge in [-0.15, -0.1) is 11.3 Å². The van der Waals surface area contributed by atoms with E-state index in [2.05, 4.69) is 4.98 Å². The molecule has 1 aromatic heterocycles. The summed E-state index contributed by atoms with van der Waals surface area (Å²) in [6, 6.07) is 0. The van der Waals surface area contributed by atoms with Gasteiger partial charge in [-0.3, -0.25) is 4.90 Å². The molecule has 0 unspecified atom stereocenters. The molecule has 2 N–H and O–H groups in total. The lowest BCUT2D eigenvalue weighted by Crippen LogP contribution is -2.33. The van der Waals surface area contributed by atoms with E-state index < -0.39 is 11.7 Å². The molecular weight excluding hydrogens is 263 g/mol. The number of thiazole rings is 1. The van der Waals surface area contributed by atoms with E-state index in [1.807, 2.05) is 10.3 Å². The molecule has 2 rings (SSSR count). The van der Waals surface area contributed by atoms with Gasteiger partial charge in [0.15, 0.2) is 5.13 Å². The second-order valence-electron chi connectivity index (χ2n) is 4.20. The van der Waals surface area contributed by atoms with E-state index in [1.165, 1.54) is 17.4 Å². The average Bonchev–Trinajstić information content (AvgIpc) is 2.72. The molecular formula is C11H14F3N3S. The quantitative estimate of drug-likeness (QED) is 0.863. The second kappa shape index (κ2) is 5.27. The summed E-state index contributed by atoms with van der Waals surface area (Å²) < 4.78 is 37.2. The molecule has 0 spiro atoms. The minimum atomic E-state index is -4.17. The molecule has 0 bridgehead atoms. The monoisotopic (exact) mass is 277 g/mol. The Morgan fingerprint density at radius 3 is 2.72 bits per heavy atom. The number of alkyl halides is 3. The van der Waals surface area contributed by atoms with E-state index >= 15 is 0 Å². The predicted molar refractivity (Wildman–Crippen MR) is 65.4 cm³/mol. The lowest BCUT2D eigenvalue weighted by Gasteiger charge is -2.26. The van der Waals surface area contributed by atoms with Crippen molar-refractivity contribution in [3.63, 3.8) is 0 Å². The summed E-state index contributed by atoms with van der Waals surface area (Å²) in [5, 5.41) is 2.42. The van der Waals surface area contributed by atoms with E-state index in [1.54, 1.807) is 0 Å². The molecule has 0 fully saturated rings. The first-order chi connectivity index (χ1) is 8.45. The number of hydrogen-bond donors (Lipinski definition) is 1. The number of aromatic nitrogens is 1. The number of anilines is 1. The van der Waals surface area contributed by atoms with Crippen molar-refractivity contribution in [1.82, 2.24) is 9.88 Å². The molecule has 0 radical (unpaired) electrons. The summed E-state index contributed by atoms with van der Waals surface area (Å²) in [5.41, 5.74) is 6.01.